The Kier molecular flexibility index (Phi) is 5.71. The molecule has 1 aromatic carbocycles. The predicted octanol–water partition coefficient (Wildman–Crippen LogP) is 4.00. The van der Waals surface area contributed by atoms with Gasteiger partial charge in [0.25, 0.3) is 0 Å². The lowest BCUT2D eigenvalue weighted by molar-refractivity contribution is 0.460. The largest absolute Gasteiger partial charge is 0.385 e. The van der Waals surface area contributed by atoms with Crippen LogP contribution in [0, 0.1) is 5.92 Å². The monoisotopic (exact) mass is 260 g/mol. The maximum Gasteiger partial charge on any atom is 0.0340 e. The third kappa shape index (κ3) is 4.87. The van der Waals surface area contributed by atoms with Gasteiger partial charge in [0.05, 0.1) is 0 Å². The van der Waals surface area contributed by atoms with E-state index in [1.54, 1.807) is 0 Å². The van der Waals surface area contributed by atoms with E-state index in [9.17, 15) is 0 Å². The van der Waals surface area contributed by atoms with Gasteiger partial charge in [-0.25, -0.2) is 0 Å². The minimum Gasteiger partial charge on any atom is -0.385 e. The predicted molar refractivity (Wildman–Crippen MR) is 83.8 cm³/mol. The van der Waals surface area contributed by atoms with Crippen molar-refractivity contribution < 1.29 is 0 Å². The van der Waals surface area contributed by atoms with E-state index in [-0.39, 0.29) is 0 Å². The van der Waals surface area contributed by atoms with E-state index >= 15 is 0 Å². The van der Waals surface area contributed by atoms with Crippen molar-refractivity contribution in [2.24, 2.45) is 5.92 Å². The summed E-state index contributed by atoms with van der Waals surface area (Å²) in [7, 11) is 0. The van der Waals surface area contributed by atoms with Crippen molar-refractivity contribution in [3.8, 4) is 0 Å². The molecular formula is C17H28N2. The highest BCUT2D eigenvalue weighted by molar-refractivity contribution is 5.45. The quantitative estimate of drug-likeness (QED) is 0.755. The van der Waals surface area contributed by atoms with E-state index in [4.69, 9.17) is 0 Å². The Morgan fingerprint density at radius 3 is 2.47 bits per heavy atom. The molecule has 1 fully saturated rings. The second-order valence-corrected chi connectivity index (χ2v) is 6.11. The number of piperidine rings is 1. The average molecular weight is 260 g/mol. The van der Waals surface area contributed by atoms with Crippen LogP contribution >= 0.6 is 0 Å². The molecule has 0 bridgehead atoms. The number of rotatable bonds is 6. The van der Waals surface area contributed by atoms with Gasteiger partial charge in [-0.3, -0.25) is 0 Å². The fourth-order valence-electron chi connectivity index (χ4n) is 2.77. The standard InChI is InChI=1S/C17H28N2/c1-14(2)4-3-11-19-17-7-5-15(6-8-17)16-9-12-18-13-10-16/h5-8,14,16,18-19H,3-4,9-13H2,1-2H3. The minimum atomic E-state index is 0.760. The van der Waals surface area contributed by atoms with Gasteiger partial charge in [0, 0.05) is 12.2 Å². The summed E-state index contributed by atoms with van der Waals surface area (Å²) in [6.45, 7) is 7.99. The van der Waals surface area contributed by atoms with Crippen molar-refractivity contribution in [3.63, 3.8) is 0 Å². The van der Waals surface area contributed by atoms with E-state index < -0.39 is 0 Å². The van der Waals surface area contributed by atoms with Crippen molar-refractivity contribution in [1.29, 1.82) is 0 Å². The molecule has 2 nitrogen and oxygen atoms in total. The number of hydrogen-bond acceptors (Lipinski definition) is 2. The van der Waals surface area contributed by atoms with Crippen molar-refractivity contribution in [2.75, 3.05) is 25.0 Å². The number of benzene rings is 1. The van der Waals surface area contributed by atoms with Crippen LogP contribution in [0.2, 0.25) is 0 Å². The molecule has 2 heteroatoms. The average Bonchev–Trinajstić information content (AvgIpc) is 2.45. The van der Waals surface area contributed by atoms with Crippen LogP contribution < -0.4 is 10.6 Å². The normalized spacial score (nSPS) is 16.8. The molecule has 2 N–H and O–H groups in total. The first-order chi connectivity index (χ1) is 9.25. The molecule has 1 heterocycles. The Hall–Kier alpha value is -1.02. The van der Waals surface area contributed by atoms with Gasteiger partial charge in [0.15, 0.2) is 0 Å². The molecule has 106 valence electrons. The first-order valence-corrected chi connectivity index (χ1v) is 7.80. The Morgan fingerprint density at radius 1 is 1.16 bits per heavy atom. The molecule has 0 atom stereocenters. The van der Waals surface area contributed by atoms with Gasteiger partial charge >= 0.3 is 0 Å². The summed E-state index contributed by atoms with van der Waals surface area (Å²) in [5.41, 5.74) is 2.77. The molecule has 0 saturated carbocycles. The number of nitrogens with one attached hydrogen (secondary N) is 2. The van der Waals surface area contributed by atoms with E-state index in [2.05, 4.69) is 48.7 Å². The van der Waals surface area contributed by atoms with Crippen LogP contribution in [0.4, 0.5) is 5.69 Å². The summed E-state index contributed by atoms with van der Waals surface area (Å²) in [5.74, 6) is 1.57. The maximum atomic E-state index is 3.52. The number of hydrogen-bond donors (Lipinski definition) is 2. The Morgan fingerprint density at radius 2 is 1.84 bits per heavy atom. The van der Waals surface area contributed by atoms with Crippen LogP contribution in [0.15, 0.2) is 24.3 Å². The van der Waals surface area contributed by atoms with Crippen LogP contribution in [0.5, 0.6) is 0 Å². The van der Waals surface area contributed by atoms with Gasteiger partial charge in [-0.05, 0) is 68.3 Å². The second-order valence-electron chi connectivity index (χ2n) is 6.11. The van der Waals surface area contributed by atoms with Crippen LogP contribution in [0.3, 0.4) is 0 Å². The molecule has 0 unspecified atom stereocenters. The van der Waals surface area contributed by atoms with Crippen LogP contribution in [0.25, 0.3) is 0 Å². The van der Waals surface area contributed by atoms with Gasteiger partial charge in [0.1, 0.15) is 0 Å². The lowest BCUT2D eigenvalue weighted by atomic mass is 9.90. The molecule has 0 aliphatic carbocycles. The minimum absolute atomic E-state index is 0.760. The number of anilines is 1. The highest BCUT2D eigenvalue weighted by atomic mass is 14.9. The smallest absolute Gasteiger partial charge is 0.0340 e. The van der Waals surface area contributed by atoms with Crippen LogP contribution in [0.1, 0.15) is 51.0 Å². The van der Waals surface area contributed by atoms with Gasteiger partial charge in [-0.15, -0.1) is 0 Å². The second kappa shape index (κ2) is 7.54. The lowest BCUT2D eigenvalue weighted by Gasteiger charge is -2.23. The van der Waals surface area contributed by atoms with Crippen molar-refractivity contribution in [2.45, 2.75) is 45.4 Å². The van der Waals surface area contributed by atoms with Crippen LogP contribution in [-0.4, -0.2) is 19.6 Å². The van der Waals surface area contributed by atoms with Gasteiger partial charge in [0.2, 0.25) is 0 Å². The van der Waals surface area contributed by atoms with E-state index in [0.29, 0.717) is 0 Å². The Labute approximate surface area is 118 Å². The first-order valence-electron chi connectivity index (χ1n) is 7.80. The highest BCUT2D eigenvalue weighted by Gasteiger charge is 2.14. The van der Waals surface area contributed by atoms with E-state index in [0.717, 1.165) is 18.4 Å². The molecule has 0 amide bonds. The maximum absolute atomic E-state index is 3.52. The lowest BCUT2D eigenvalue weighted by Crippen LogP contribution is -2.26. The molecule has 2 rings (SSSR count). The SMILES string of the molecule is CC(C)CCCNc1ccc(C2CCNCC2)cc1. The molecule has 0 spiro atoms. The molecule has 1 saturated heterocycles. The Bertz CT molecular complexity index is 350. The van der Waals surface area contributed by atoms with Gasteiger partial charge in [-0.2, -0.15) is 0 Å². The summed E-state index contributed by atoms with van der Waals surface area (Å²) in [6, 6.07) is 9.10. The van der Waals surface area contributed by atoms with E-state index in [1.165, 1.54) is 50.0 Å². The third-order valence-corrected chi connectivity index (χ3v) is 4.01. The molecule has 0 aromatic heterocycles. The molecule has 1 aromatic rings. The summed E-state index contributed by atoms with van der Waals surface area (Å²) in [5, 5.41) is 6.94. The molecule has 1 aliphatic heterocycles. The van der Waals surface area contributed by atoms with Gasteiger partial charge in [-0.1, -0.05) is 26.0 Å². The molecule has 0 radical (unpaired) electrons. The molecular weight excluding hydrogens is 232 g/mol. The Balaban J connectivity index is 1.77. The van der Waals surface area contributed by atoms with Crippen LogP contribution in [-0.2, 0) is 0 Å². The van der Waals surface area contributed by atoms with Crippen molar-refractivity contribution in [3.05, 3.63) is 29.8 Å². The van der Waals surface area contributed by atoms with Crippen molar-refractivity contribution in [1.82, 2.24) is 5.32 Å². The zero-order valence-electron chi connectivity index (χ0n) is 12.4. The zero-order valence-corrected chi connectivity index (χ0v) is 12.4. The molecule has 1 aliphatic rings. The summed E-state index contributed by atoms with van der Waals surface area (Å²) in [4.78, 5) is 0. The zero-order chi connectivity index (χ0) is 13.5. The summed E-state index contributed by atoms with van der Waals surface area (Å²) in [6.07, 6.45) is 5.12. The first kappa shape index (κ1) is 14.4. The van der Waals surface area contributed by atoms with Gasteiger partial charge < -0.3 is 10.6 Å². The summed E-state index contributed by atoms with van der Waals surface area (Å²) >= 11 is 0. The summed E-state index contributed by atoms with van der Waals surface area (Å²) < 4.78 is 0. The third-order valence-electron chi connectivity index (χ3n) is 4.01. The molecule has 19 heavy (non-hydrogen) atoms. The topological polar surface area (TPSA) is 24.1 Å². The highest BCUT2D eigenvalue weighted by Crippen LogP contribution is 2.26. The fourth-order valence-corrected chi connectivity index (χ4v) is 2.77. The van der Waals surface area contributed by atoms with E-state index in [1.807, 2.05) is 0 Å². The van der Waals surface area contributed by atoms with Crippen molar-refractivity contribution >= 4 is 5.69 Å². The fraction of sp³-hybridized carbons (Fsp3) is 0.647.